The number of carbonyl (C=O) groups excluding carboxylic acids is 1. The number of ether oxygens (including phenoxy) is 1. The second-order valence-electron chi connectivity index (χ2n) is 4.11. The predicted octanol–water partition coefficient (Wildman–Crippen LogP) is 1.67. The molecule has 0 aromatic rings. The first-order chi connectivity index (χ1) is 6.61. The van der Waals surface area contributed by atoms with Crippen LogP contribution in [0.3, 0.4) is 0 Å². The lowest BCUT2D eigenvalue weighted by Crippen LogP contribution is -2.42. The van der Waals surface area contributed by atoms with Crippen molar-refractivity contribution < 1.29 is 9.53 Å². The van der Waals surface area contributed by atoms with Crippen molar-refractivity contribution in [2.24, 2.45) is 5.92 Å². The number of rotatable bonds is 5. The summed E-state index contributed by atoms with van der Waals surface area (Å²) in [5.41, 5.74) is 0. The van der Waals surface area contributed by atoms with E-state index < -0.39 is 0 Å². The van der Waals surface area contributed by atoms with Crippen LogP contribution in [0.25, 0.3) is 0 Å². The summed E-state index contributed by atoms with van der Waals surface area (Å²) in [6.45, 7) is 7.23. The van der Waals surface area contributed by atoms with E-state index in [-0.39, 0.29) is 11.9 Å². The molecule has 3 nitrogen and oxygen atoms in total. The quantitative estimate of drug-likeness (QED) is 0.631. The van der Waals surface area contributed by atoms with Crippen LogP contribution in [0, 0.1) is 5.92 Å². The van der Waals surface area contributed by atoms with E-state index in [1.807, 2.05) is 6.92 Å². The SMILES string of the molecule is CCN(C1CC1)C(C)C(C)C(=O)OC. The molecule has 0 aliphatic heterocycles. The molecule has 14 heavy (non-hydrogen) atoms. The molecular weight excluding hydrogens is 178 g/mol. The molecule has 82 valence electrons. The summed E-state index contributed by atoms with van der Waals surface area (Å²) in [5.74, 6) is -0.128. The molecule has 0 radical (unpaired) electrons. The van der Waals surface area contributed by atoms with Crippen LogP contribution >= 0.6 is 0 Å². The summed E-state index contributed by atoms with van der Waals surface area (Å²) in [7, 11) is 1.46. The number of carbonyl (C=O) groups is 1. The van der Waals surface area contributed by atoms with Crippen molar-refractivity contribution in [3.05, 3.63) is 0 Å². The van der Waals surface area contributed by atoms with Gasteiger partial charge in [-0.05, 0) is 26.3 Å². The highest BCUT2D eigenvalue weighted by Crippen LogP contribution is 2.30. The highest BCUT2D eigenvalue weighted by atomic mass is 16.5. The Bertz CT molecular complexity index is 201. The van der Waals surface area contributed by atoms with E-state index in [4.69, 9.17) is 4.74 Å². The third-order valence-electron chi connectivity index (χ3n) is 3.20. The van der Waals surface area contributed by atoms with Gasteiger partial charge in [0.15, 0.2) is 0 Å². The number of esters is 1. The third kappa shape index (κ3) is 2.47. The first kappa shape index (κ1) is 11.5. The van der Waals surface area contributed by atoms with E-state index in [9.17, 15) is 4.79 Å². The zero-order valence-electron chi connectivity index (χ0n) is 9.62. The van der Waals surface area contributed by atoms with Gasteiger partial charge in [-0.25, -0.2) is 0 Å². The Kier molecular flexibility index (Phi) is 3.93. The van der Waals surface area contributed by atoms with Crippen LogP contribution < -0.4 is 0 Å². The molecule has 0 heterocycles. The lowest BCUT2D eigenvalue weighted by atomic mass is 10.0. The Labute approximate surface area is 86.4 Å². The Balaban J connectivity index is 2.52. The summed E-state index contributed by atoms with van der Waals surface area (Å²) in [5, 5.41) is 0. The molecule has 2 atom stereocenters. The predicted molar refractivity (Wildman–Crippen MR) is 56.0 cm³/mol. The van der Waals surface area contributed by atoms with Crippen molar-refractivity contribution in [3.8, 4) is 0 Å². The molecule has 1 aliphatic carbocycles. The van der Waals surface area contributed by atoms with Crippen LogP contribution in [0.1, 0.15) is 33.6 Å². The van der Waals surface area contributed by atoms with E-state index in [2.05, 4.69) is 18.7 Å². The van der Waals surface area contributed by atoms with Crippen LogP contribution in [0.2, 0.25) is 0 Å². The van der Waals surface area contributed by atoms with E-state index >= 15 is 0 Å². The Morgan fingerprint density at radius 2 is 2.07 bits per heavy atom. The summed E-state index contributed by atoms with van der Waals surface area (Å²) < 4.78 is 4.76. The van der Waals surface area contributed by atoms with E-state index in [0.717, 1.165) is 6.54 Å². The van der Waals surface area contributed by atoms with E-state index in [1.165, 1.54) is 20.0 Å². The summed E-state index contributed by atoms with van der Waals surface area (Å²) in [4.78, 5) is 13.8. The first-order valence-electron chi connectivity index (χ1n) is 5.45. The smallest absolute Gasteiger partial charge is 0.309 e. The third-order valence-corrected chi connectivity index (χ3v) is 3.20. The van der Waals surface area contributed by atoms with Gasteiger partial charge in [0, 0.05) is 12.1 Å². The van der Waals surface area contributed by atoms with Crippen molar-refractivity contribution in [1.29, 1.82) is 0 Å². The Morgan fingerprint density at radius 3 is 2.43 bits per heavy atom. The van der Waals surface area contributed by atoms with Gasteiger partial charge in [-0.1, -0.05) is 13.8 Å². The van der Waals surface area contributed by atoms with Gasteiger partial charge in [-0.3, -0.25) is 9.69 Å². The molecular formula is C11H21NO2. The second kappa shape index (κ2) is 4.78. The summed E-state index contributed by atoms with van der Waals surface area (Å²) >= 11 is 0. The van der Waals surface area contributed by atoms with Gasteiger partial charge in [-0.15, -0.1) is 0 Å². The molecule has 0 aromatic carbocycles. The molecule has 0 spiro atoms. The lowest BCUT2D eigenvalue weighted by Gasteiger charge is -2.30. The maximum Gasteiger partial charge on any atom is 0.309 e. The molecule has 1 saturated carbocycles. The maximum atomic E-state index is 11.4. The summed E-state index contributed by atoms with van der Waals surface area (Å²) in [6.07, 6.45) is 2.57. The van der Waals surface area contributed by atoms with Crippen LogP contribution in [-0.2, 0) is 9.53 Å². The fraction of sp³-hybridized carbons (Fsp3) is 0.909. The fourth-order valence-corrected chi connectivity index (χ4v) is 1.95. The van der Waals surface area contributed by atoms with Gasteiger partial charge >= 0.3 is 5.97 Å². The largest absolute Gasteiger partial charge is 0.469 e. The molecule has 0 amide bonds. The second-order valence-corrected chi connectivity index (χ2v) is 4.11. The van der Waals surface area contributed by atoms with Gasteiger partial charge in [-0.2, -0.15) is 0 Å². The highest BCUT2D eigenvalue weighted by molar-refractivity contribution is 5.72. The molecule has 0 aromatic heterocycles. The summed E-state index contributed by atoms with van der Waals surface area (Å²) in [6, 6.07) is 1.00. The normalized spacial score (nSPS) is 20.6. The maximum absolute atomic E-state index is 11.4. The van der Waals surface area contributed by atoms with Crippen LogP contribution in [0.4, 0.5) is 0 Å². The van der Waals surface area contributed by atoms with Crippen LogP contribution in [0.15, 0.2) is 0 Å². The topological polar surface area (TPSA) is 29.5 Å². The van der Waals surface area contributed by atoms with Crippen LogP contribution in [-0.4, -0.2) is 36.6 Å². The molecule has 3 heteroatoms. The molecule has 1 aliphatic rings. The van der Waals surface area contributed by atoms with Crippen molar-refractivity contribution in [2.45, 2.75) is 45.7 Å². The molecule has 1 fully saturated rings. The first-order valence-corrected chi connectivity index (χ1v) is 5.45. The zero-order chi connectivity index (χ0) is 10.7. The molecule has 0 saturated heterocycles. The zero-order valence-corrected chi connectivity index (χ0v) is 9.62. The van der Waals surface area contributed by atoms with Gasteiger partial charge in [0.2, 0.25) is 0 Å². The average molecular weight is 199 g/mol. The average Bonchev–Trinajstić information content (AvgIpc) is 3.00. The molecule has 0 N–H and O–H groups in total. The standard InChI is InChI=1S/C11H21NO2/c1-5-12(10-6-7-10)9(3)8(2)11(13)14-4/h8-10H,5-7H2,1-4H3. The molecule has 1 rings (SSSR count). The molecule has 2 unspecified atom stereocenters. The Hall–Kier alpha value is -0.570. The van der Waals surface area contributed by atoms with Crippen molar-refractivity contribution in [2.75, 3.05) is 13.7 Å². The van der Waals surface area contributed by atoms with E-state index in [1.54, 1.807) is 0 Å². The van der Waals surface area contributed by atoms with Gasteiger partial charge in [0.1, 0.15) is 0 Å². The van der Waals surface area contributed by atoms with E-state index in [0.29, 0.717) is 12.1 Å². The monoisotopic (exact) mass is 199 g/mol. The van der Waals surface area contributed by atoms with Crippen molar-refractivity contribution in [3.63, 3.8) is 0 Å². The molecule has 0 bridgehead atoms. The number of nitrogens with zero attached hydrogens (tertiary/aromatic N) is 1. The van der Waals surface area contributed by atoms with Crippen molar-refractivity contribution >= 4 is 5.97 Å². The van der Waals surface area contributed by atoms with Gasteiger partial charge < -0.3 is 4.74 Å². The number of hydrogen-bond donors (Lipinski definition) is 0. The highest BCUT2D eigenvalue weighted by Gasteiger charge is 2.35. The number of hydrogen-bond acceptors (Lipinski definition) is 3. The number of methoxy groups -OCH3 is 1. The van der Waals surface area contributed by atoms with Gasteiger partial charge in [0.05, 0.1) is 13.0 Å². The van der Waals surface area contributed by atoms with Gasteiger partial charge in [0.25, 0.3) is 0 Å². The minimum absolute atomic E-state index is 0.0273. The lowest BCUT2D eigenvalue weighted by molar-refractivity contribution is -0.147. The van der Waals surface area contributed by atoms with Crippen LogP contribution in [0.5, 0.6) is 0 Å². The van der Waals surface area contributed by atoms with Crippen molar-refractivity contribution in [1.82, 2.24) is 4.90 Å². The minimum Gasteiger partial charge on any atom is -0.469 e. The minimum atomic E-state index is -0.100. The fourth-order valence-electron chi connectivity index (χ4n) is 1.95. The Morgan fingerprint density at radius 1 is 1.50 bits per heavy atom.